The van der Waals surface area contributed by atoms with Gasteiger partial charge in [0.1, 0.15) is 11.6 Å². The molecule has 1 aliphatic rings. The number of aryl methyl sites for hydroxylation is 1. The fourth-order valence-corrected chi connectivity index (χ4v) is 3.98. The fourth-order valence-electron chi connectivity index (χ4n) is 2.71. The van der Waals surface area contributed by atoms with Crippen LogP contribution in [0.25, 0.3) is 0 Å². The van der Waals surface area contributed by atoms with Gasteiger partial charge in [0.2, 0.25) is 0 Å². The van der Waals surface area contributed by atoms with Gasteiger partial charge in [-0.1, -0.05) is 0 Å². The number of sulfonamides is 1. The number of anilines is 2. The monoisotopic (exact) mass is 365 g/mol. The average molecular weight is 365 g/mol. The van der Waals surface area contributed by atoms with E-state index in [-0.39, 0.29) is 11.0 Å². The van der Waals surface area contributed by atoms with Crippen LogP contribution >= 0.6 is 0 Å². The van der Waals surface area contributed by atoms with Crippen LogP contribution in [0.3, 0.4) is 0 Å². The van der Waals surface area contributed by atoms with Crippen molar-refractivity contribution in [1.29, 1.82) is 0 Å². The third-order valence-corrected chi connectivity index (χ3v) is 5.52. The summed E-state index contributed by atoms with van der Waals surface area (Å²) in [7, 11) is -3.80. The highest BCUT2D eigenvalue weighted by atomic mass is 32.2. The number of nitrogens with zero attached hydrogens (tertiary/aromatic N) is 1. The minimum absolute atomic E-state index is 0.0366. The summed E-state index contributed by atoms with van der Waals surface area (Å²) < 4.78 is 46.0. The van der Waals surface area contributed by atoms with Gasteiger partial charge in [-0.15, -0.1) is 0 Å². The average Bonchev–Trinajstić information content (AvgIpc) is 3.07. The Morgan fingerprint density at radius 1 is 1.32 bits per heavy atom. The van der Waals surface area contributed by atoms with E-state index in [1.165, 1.54) is 18.3 Å². The molecule has 1 fully saturated rings. The van der Waals surface area contributed by atoms with E-state index >= 15 is 0 Å². The number of nitrogens with one attached hydrogen (secondary N) is 2. The quantitative estimate of drug-likeness (QED) is 0.823. The Morgan fingerprint density at radius 2 is 2.16 bits per heavy atom. The van der Waals surface area contributed by atoms with Crippen molar-refractivity contribution in [2.45, 2.75) is 30.8 Å². The molecular formula is C17H20FN3O3S. The van der Waals surface area contributed by atoms with Crippen molar-refractivity contribution < 1.29 is 17.5 Å². The number of hydrogen-bond donors (Lipinski definition) is 2. The van der Waals surface area contributed by atoms with E-state index in [1.54, 1.807) is 19.1 Å². The minimum Gasteiger partial charge on any atom is -0.376 e. The van der Waals surface area contributed by atoms with Gasteiger partial charge < -0.3 is 10.1 Å². The Morgan fingerprint density at radius 3 is 2.80 bits per heavy atom. The van der Waals surface area contributed by atoms with Gasteiger partial charge >= 0.3 is 0 Å². The van der Waals surface area contributed by atoms with Crippen LogP contribution in [0.1, 0.15) is 18.4 Å². The number of halogens is 1. The largest absolute Gasteiger partial charge is 0.376 e. The van der Waals surface area contributed by atoms with Crippen LogP contribution in [0.15, 0.2) is 41.4 Å². The van der Waals surface area contributed by atoms with Crippen molar-refractivity contribution in [3.05, 3.63) is 47.9 Å². The zero-order chi connectivity index (χ0) is 17.9. The molecule has 0 saturated carbocycles. The third-order valence-electron chi connectivity index (χ3n) is 3.98. The molecule has 8 heteroatoms. The molecule has 0 amide bonds. The van der Waals surface area contributed by atoms with Crippen molar-refractivity contribution in [1.82, 2.24) is 4.98 Å². The van der Waals surface area contributed by atoms with Crippen molar-refractivity contribution in [2.24, 2.45) is 0 Å². The summed E-state index contributed by atoms with van der Waals surface area (Å²) in [5.41, 5.74) is 0.682. The molecule has 1 aromatic carbocycles. The number of hydrogen-bond acceptors (Lipinski definition) is 5. The van der Waals surface area contributed by atoms with Crippen LogP contribution in [0, 0.1) is 12.7 Å². The van der Waals surface area contributed by atoms with E-state index in [4.69, 9.17) is 4.74 Å². The first-order valence-electron chi connectivity index (χ1n) is 8.04. The van der Waals surface area contributed by atoms with E-state index in [9.17, 15) is 12.8 Å². The lowest BCUT2D eigenvalue weighted by molar-refractivity contribution is 0.120. The highest BCUT2D eigenvalue weighted by molar-refractivity contribution is 7.92. The second-order valence-corrected chi connectivity index (χ2v) is 7.61. The second-order valence-electron chi connectivity index (χ2n) is 5.96. The number of rotatable bonds is 6. The van der Waals surface area contributed by atoms with Crippen LogP contribution in [-0.4, -0.2) is 32.7 Å². The number of aromatic nitrogens is 1. The first kappa shape index (κ1) is 17.6. The molecule has 2 aromatic rings. The first-order chi connectivity index (χ1) is 11.9. The SMILES string of the molecule is Cc1cc(F)ccc1S(=O)(=O)Nc1ccc(NCC2CCCO2)nc1. The predicted molar refractivity (Wildman–Crippen MR) is 93.6 cm³/mol. The molecule has 0 radical (unpaired) electrons. The Balaban J connectivity index is 1.65. The van der Waals surface area contributed by atoms with Gasteiger partial charge in [-0.05, 0) is 55.7 Å². The standard InChI is InChI=1S/C17H20FN3O3S/c1-12-9-13(18)4-6-16(12)25(22,23)21-14-5-7-17(19-10-14)20-11-15-3-2-8-24-15/h4-7,9-10,15,21H,2-3,8,11H2,1H3,(H,19,20). The first-order valence-corrected chi connectivity index (χ1v) is 9.53. The lowest BCUT2D eigenvalue weighted by Crippen LogP contribution is -2.19. The lowest BCUT2D eigenvalue weighted by Gasteiger charge is -2.13. The topological polar surface area (TPSA) is 80.3 Å². The van der Waals surface area contributed by atoms with Gasteiger partial charge in [0.15, 0.2) is 0 Å². The molecule has 1 aliphatic heterocycles. The zero-order valence-electron chi connectivity index (χ0n) is 13.8. The molecule has 1 aromatic heterocycles. The minimum atomic E-state index is -3.80. The molecule has 2 N–H and O–H groups in total. The fraction of sp³-hybridized carbons (Fsp3) is 0.353. The number of ether oxygens (including phenoxy) is 1. The Labute approximate surface area is 146 Å². The maximum Gasteiger partial charge on any atom is 0.262 e. The summed E-state index contributed by atoms with van der Waals surface area (Å²) in [5, 5.41) is 3.17. The third kappa shape index (κ3) is 4.46. The molecule has 1 saturated heterocycles. The van der Waals surface area contributed by atoms with Crippen molar-refractivity contribution in [2.75, 3.05) is 23.2 Å². The molecule has 1 atom stereocenters. The van der Waals surface area contributed by atoms with Gasteiger partial charge in [-0.3, -0.25) is 4.72 Å². The van der Waals surface area contributed by atoms with Crippen LogP contribution < -0.4 is 10.0 Å². The highest BCUT2D eigenvalue weighted by Gasteiger charge is 2.18. The van der Waals surface area contributed by atoms with Crippen molar-refractivity contribution >= 4 is 21.5 Å². The molecule has 6 nitrogen and oxygen atoms in total. The summed E-state index contributed by atoms with van der Waals surface area (Å²) in [6.45, 7) is 3.02. The molecule has 3 rings (SSSR count). The maximum absolute atomic E-state index is 13.2. The molecule has 2 heterocycles. The van der Waals surface area contributed by atoms with Crippen LogP contribution in [0.4, 0.5) is 15.9 Å². The van der Waals surface area contributed by atoms with E-state index in [0.29, 0.717) is 23.6 Å². The predicted octanol–water partition coefficient (Wildman–Crippen LogP) is 2.92. The zero-order valence-corrected chi connectivity index (χ0v) is 14.6. The number of benzene rings is 1. The molecule has 0 bridgehead atoms. The Bertz CT molecular complexity index is 835. The summed E-state index contributed by atoms with van der Waals surface area (Å²) in [4.78, 5) is 4.24. The van der Waals surface area contributed by atoms with Gasteiger partial charge in [0.05, 0.1) is 22.9 Å². The van der Waals surface area contributed by atoms with Gasteiger partial charge in [0.25, 0.3) is 10.0 Å². The molecule has 25 heavy (non-hydrogen) atoms. The highest BCUT2D eigenvalue weighted by Crippen LogP contribution is 2.20. The van der Waals surface area contributed by atoms with E-state index < -0.39 is 15.8 Å². The van der Waals surface area contributed by atoms with Crippen LogP contribution in [0.5, 0.6) is 0 Å². The van der Waals surface area contributed by atoms with E-state index in [1.807, 2.05) is 0 Å². The van der Waals surface area contributed by atoms with Crippen LogP contribution in [0.2, 0.25) is 0 Å². The van der Waals surface area contributed by atoms with Crippen LogP contribution in [-0.2, 0) is 14.8 Å². The molecule has 1 unspecified atom stereocenters. The molecular weight excluding hydrogens is 345 g/mol. The summed E-state index contributed by atoms with van der Waals surface area (Å²) in [6, 6.07) is 6.88. The smallest absolute Gasteiger partial charge is 0.262 e. The van der Waals surface area contributed by atoms with Crippen molar-refractivity contribution in [3.8, 4) is 0 Å². The Hall–Kier alpha value is -2.19. The second kappa shape index (κ2) is 7.37. The normalized spacial score (nSPS) is 17.4. The van der Waals surface area contributed by atoms with Gasteiger partial charge in [-0.2, -0.15) is 0 Å². The maximum atomic E-state index is 13.2. The van der Waals surface area contributed by atoms with Gasteiger partial charge in [0, 0.05) is 13.2 Å². The van der Waals surface area contributed by atoms with E-state index in [0.717, 1.165) is 25.5 Å². The van der Waals surface area contributed by atoms with Crippen molar-refractivity contribution in [3.63, 3.8) is 0 Å². The molecule has 0 spiro atoms. The molecule has 0 aliphatic carbocycles. The summed E-state index contributed by atoms with van der Waals surface area (Å²) in [6.07, 6.45) is 3.74. The van der Waals surface area contributed by atoms with E-state index in [2.05, 4.69) is 15.0 Å². The van der Waals surface area contributed by atoms with Gasteiger partial charge in [-0.25, -0.2) is 17.8 Å². The summed E-state index contributed by atoms with van der Waals surface area (Å²) >= 11 is 0. The summed E-state index contributed by atoms with van der Waals surface area (Å²) in [5.74, 6) is 0.177. The Kier molecular flexibility index (Phi) is 5.19. The number of pyridine rings is 1. The molecule has 134 valence electrons. The lowest BCUT2D eigenvalue weighted by atomic mass is 10.2.